The van der Waals surface area contributed by atoms with Crippen LogP contribution in [0.5, 0.6) is 17.2 Å². The summed E-state index contributed by atoms with van der Waals surface area (Å²) in [6.07, 6.45) is 0. The molecule has 0 heterocycles. The van der Waals surface area contributed by atoms with Crippen LogP contribution in [0.15, 0.2) is 18.2 Å². The van der Waals surface area contributed by atoms with Gasteiger partial charge in [0.25, 0.3) is 0 Å². The molecule has 0 bridgehead atoms. The van der Waals surface area contributed by atoms with E-state index in [1.165, 1.54) is 0 Å². The maximum atomic E-state index is 8.52. The van der Waals surface area contributed by atoms with Crippen LogP contribution in [-0.4, -0.2) is 26.1 Å². The molecule has 0 saturated heterocycles. The van der Waals surface area contributed by atoms with Crippen LogP contribution in [0.25, 0.3) is 0 Å². The number of rotatable bonds is 4. The van der Waals surface area contributed by atoms with Gasteiger partial charge in [0.05, 0.1) is 14.2 Å². The van der Waals surface area contributed by atoms with Gasteiger partial charge in [-0.25, -0.2) is 0 Å². The lowest BCUT2D eigenvalue weighted by Crippen LogP contribution is -1.96. The molecule has 1 N–H and O–H groups in total. The second-order valence-electron chi connectivity index (χ2n) is 2.29. The number of aliphatic hydroxyl groups excluding tert-OH is 1. The number of ether oxygens (including phenoxy) is 3. The van der Waals surface area contributed by atoms with E-state index in [0.717, 1.165) is 0 Å². The van der Waals surface area contributed by atoms with E-state index in [1.807, 2.05) is 0 Å². The Kier molecular flexibility index (Phi) is 3.40. The van der Waals surface area contributed by atoms with Gasteiger partial charge >= 0.3 is 0 Å². The molecule has 13 heavy (non-hydrogen) atoms. The number of hydrogen-bond acceptors (Lipinski definition) is 4. The van der Waals surface area contributed by atoms with Gasteiger partial charge in [0.2, 0.25) is 0 Å². The maximum absolute atomic E-state index is 8.52. The molecule has 0 atom stereocenters. The minimum Gasteiger partial charge on any atom is -0.493 e. The van der Waals surface area contributed by atoms with E-state index in [1.54, 1.807) is 32.4 Å². The Balaban J connectivity index is 2.91. The molecule has 4 heteroatoms. The zero-order valence-electron chi connectivity index (χ0n) is 7.61. The summed E-state index contributed by atoms with van der Waals surface area (Å²) in [6.45, 7) is -0.352. The van der Waals surface area contributed by atoms with Crippen molar-refractivity contribution in [1.82, 2.24) is 0 Å². The summed E-state index contributed by atoms with van der Waals surface area (Å²) < 4.78 is 14.9. The van der Waals surface area contributed by atoms with E-state index >= 15 is 0 Å². The molecule has 0 saturated carbocycles. The zero-order chi connectivity index (χ0) is 9.68. The van der Waals surface area contributed by atoms with Crippen molar-refractivity contribution in [2.75, 3.05) is 21.0 Å². The van der Waals surface area contributed by atoms with Crippen molar-refractivity contribution in [2.24, 2.45) is 0 Å². The number of methoxy groups -OCH3 is 2. The molecule has 0 aliphatic carbocycles. The van der Waals surface area contributed by atoms with Crippen LogP contribution in [0.1, 0.15) is 0 Å². The van der Waals surface area contributed by atoms with Crippen LogP contribution in [0.4, 0.5) is 0 Å². The molecular formula is C9H12O4. The van der Waals surface area contributed by atoms with Crippen LogP contribution in [0.2, 0.25) is 0 Å². The van der Waals surface area contributed by atoms with E-state index in [0.29, 0.717) is 17.2 Å². The van der Waals surface area contributed by atoms with Gasteiger partial charge < -0.3 is 19.3 Å². The predicted molar refractivity (Wildman–Crippen MR) is 47.3 cm³/mol. The van der Waals surface area contributed by atoms with Gasteiger partial charge in [-0.05, 0) is 12.1 Å². The first-order chi connectivity index (χ1) is 6.31. The summed E-state index contributed by atoms with van der Waals surface area (Å²) in [5.74, 6) is 1.75. The molecule has 4 nitrogen and oxygen atoms in total. The number of aliphatic hydroxyl groups is 1. The van der Waals surface area contributed by atoms with Crippen LogP contribution < -0.4 is 14.2 Å². The summed E-state index contributed by atoms with van der Waals surface area (Å²) in [5, 5.41) is 8.52. The van der Waals surface area contributed by atoms with Gasteiger partial charge in [-0.2, -0.15) is 0 Å². The van der Waals surface area contributed by atoms with Crippen molar-refractivity contribution in [1.29, 1.82) is 0 Å². The first-order valence-electron chi connectivity index (χ1n) is 3.77. The summed E-state index contributed by atoms with van der Waals surface area (Å²) in [5.41, 5.74) is 0. The van der Waals surface area contributed by atoms with Crippen molar-refractivity contribution < 1.29 is 19.3 Å². The lowest BCUT2D eigenvalue weighted by molar-refractivity contribution is 0.0982. The van der Waals surface area contributed by atoms with Crippen LogP contribution in [0.3, 0.4) is 0 Å². The maximum Gasteiger partial charge on any atom is 0.186 e. The first kappa shape index (κ1) is 9.67. The fourth-order valence-corrected chi connectivity index (χ4v) is 0.981. The van der Waals surface area contributed by atoms with E-state index in [-0.39, 0.29) is 6.79 Å². The first-order valence-corrected chi connectivity index (χ1v) is 3.77. The Hall–Kier alpha value is -1.42. The predicted octanol–water partition coefficient (Wildman–Crippen LogP) is 1.03. The summed E-state index contributed by atoms with van der Waals surface area (Å²) in [4.78, 5) is 0. The smallest absolute Gasteiger partial charge is 0.186 e. The highest BCUT2D eigenvalue weighted by Crippen LogP contribution is 2.30. The SMILES string of the molecule is COc1ccc(OCO)cc1OC. The number of benzene rings is 1. The van der Waals surface area contributed by atoms with Crippen molar-refractivity contribution in [3.8, 4) is 17.2 Å². The molecule has 72 valence electrons. The third-order valence-corrected chi connectivity index (χ3v) is 1.59. The quantitative estimate of drug-likeness (QED) is 0.710. The topological polar surface area (TPSA) is 47.9 Å². The number of hydrogen-bond donors (Lipinski definition) is 1. The molecule has 0 spiro atoms. The molecule has 0 aliphatic rings. The Morgan fingerprint density at radius 2 is 1.85 bits per heavy atom. The molecule has 1 rings (SSSR count). The lowest BCUT2D eigenvalue weighted by atomic mass is 10.3. The lowest BCUT2D eigenvalue weighted by Gasteiger charge is -2.09. The van der Waals surface area contributed by atoms with E-state index in [9.17, 15) is 0 Å². The summed E-state index contributed by atoms with van der Waals surface area (Å²) >= 11 is 0. The van der Waals surface area contributed by atoms with Crippen molar-refractivity contribution >= 4 is 0 Å². The molecule has 0 aliphatic heterocycles. The third kappa shape index (κ3) is 2.26. The van der Waals surface area contributed by atoms with Gasteiger partial charge in [-0.3, -0.25) is 0 Å². The fraction of sp³-hybridized carbons (Fsp3) is 0.333. The summed E-state index contributed by atoms with van der Waals surface area (Å²) in [7, 11) is 3.10. The molecule has 1 aromatic rings. The van der Waals surface area contributed by atoms with Gasteiger partial charge in [-0.1, -0.05) is 0 Å². The normalized spacial score (nSPS) is 9.46. The molecule has 1 aromatic carbocycles. The highest BCUT2D eigenvalue weighted by Gasteiger charge is 2.04. The minimum atomic E-state index is -0.352. The van der Waals surface area contributed by atoms with Crippen molar-refractivity contribution in [2.45, 2.75) is 0 Å². The van der Waals surface area contributed by atoms with Crippen LogP contribution >= 0.6 is 0 Å². The molecule has 0 fully saturated rings. The zero-order valence-corrected chi connectivity index (χ0v) is 7.61. The highest BCUT2D eigenvalue weighted by atomic mass is 16.6. The summed E-state index contributed by atoms with van der Waals surface area (Å²) in [6, 6.07) is 5.05. The van der Waals surface area contributed by atoms with Crippen molar-refractivity contribution in [3.63, 3.8) is 0 Å². The largest absolute Gasteiger partial charge is 0.493 e. The Bertz CT molecular complexity index is 272. The highest BCUT2D eigenvalue weighted by molar-refractivity contribution is 5.45. The van der Waals surface area contributed by atoms with E-state index in [4.69, 9.17) is 19.3 Å². The second kappa shape index (κ2) is 4.57. The molecular weight excluding hydrogens is 172 g/mol. The average Bonchev–Trinajstić information content (AvgIpc) is 2.18. The minimum absolute atomic E-state index is 0.352. The monoisotopic (exact) mass is 184 g/mol. The Morgan fingerprint density at radius 1 is 1.15 bits per heavy atom. The van der Waals surface area contributed by atoms with Crippen LogP contribution in [0, 0.1) is 0 Å². The van der Waals surface area contributed by atoms with Gasteiger partial charge in [-0.15, -0.1) is 0 Å². The van der Waals surface area contributed by atoms with Crippen LogP contribution in [-0.2, 0) is 0 Å². The Morgan fingerprint density at radius 3 is 2.38 bits per heavy atom. The molecule has 0 radical (unpaired) electrons. The fourth-order valence-electron chi connectivity index (χ4n) is 0.981. The molecule has 0 unspecified atom stereocenters. The van der Waals surface area contributed by atoms with E-state index in [2.05, 4.69) is 0 Å². The third-order valence-electron chi connectivity index (χ3n) is 1.59. The van der Waals surface area contributed by atoms with Gasteiger partial charge in [0.15, 0.2) is 18.3 Å². The second-order valence-corrected chi connectivity index (χ2v) is 2.29. The average molecular weight is 184 g/mol. The van der Waals surface area contributed by atoms with Gasteiger partial charge in [0, 0.05) is 6.07 Å². The Labute approximate surface area is 76.7 Å². The molecule has 0 amide bonds. The van der Waals surface area contributed by atoms with Crippen molar-refractivity contribution in [3.05, 3.63) is 18.2 Å². The van der Waals surface area contributed by atoms with Gasteiger partial charge in [0.1, 0.15) is 5.75 Å². The molecule has 0 aromatic heterocycles. The van der Waals surface area contributed by atoms with E-state index < -0.39 is 0 Å². The standard InChI is InChI=1S/C9H12O4/c1-11-8-4-3-7(13-6-10)5-9(8)12-2/h3-5,10H,6H2,1-2H3.